The van der Waals surface area contributed by atoms with Crippen molar-refractivity contribution in [2.24, 2.45) is 5.10 Å². The van der Waals surface area contributed by atoms with Crippen molar-refractivity contribution >= 4 is 28.1 Å². The number of carbonyl (C=O) groups is 1. The largest absolute Gasteiger partial charge is 0.497 e. The number of amides is 1. The summed E-state index contributed by atoms with van der Waals surface area (Å²) in [5.41, 5.74) is 4.20. The molecule has 0 unspecified atom stereocenters. The van der Waals surface area contributed by atoms with Gasteiger partial charge in [-0.3, -0.25) is 4.79 Å². The Morgan fingerprint density at radius 2 is 1.75 bits per heavy atom. The van der Waals surface area contributed by atoms with Crippen LogP contribution in [-0.4, -0.2) is 32.9 Å². The van der Waals surface area contributed by atoms with Gasteiger partial charge >= 0.3 is 0 Å². The van der Waals surface area contributed by atoms with E-state index in [-0.39, 0.29) is 6.61 Å². The standard InChI is InChI=1S/C24H23BrN2O5/c1-29-19-9-6-10-20(13-19)31-16-23(28)27-26-14-18-11-21(25)24(22(12-18)30-2)32-15-17-7-4-3-5-8-17/h3-14H,15-16H2,1-2H3,(H,27,28)/b26-14+. The minimum Gasteiger partial charge on any atom is -0.497 e. The predicted octanol–water partition coefficient (Wildman–Crippen LogP) is 4.57. The van der Waals surface area contributed by atoms with E-state index in [0.29, 0.717) is 34.1 Å². The van der Waals surface area contributed by atoms with Gasteiger partial charge in [0, 0.05) is 6.07 Å². The van der Waals surface area contributed by atoms with Crippen LogP contribution in [0.2, 0.25) is 0 Å². The Kier molecular flexibility index (Phi) is 8.51. The summed E-state index contributed by atoms with van der Waals surface area (Å²) in [7, 11) is 3.13. The Labute approximate surface area is 195 Å². The summed E-state index contributed by atoms with van der Waals surface area (Å²) in [4.78, 5) is 12.0. The van der Waals surface area contributed by atoms with Crippen molar-refractivity contribution in [2.45, 2.75) is 6.61 Å². The number of nitrogens with zero attached hydrogens (tertiary/aromatic N) is 1. The molecular formula is C24H23BrN2O5. The summed E-state index contributed by atoms with van der Waals surface area (Å²) in [6.07, 6.45) is 1.51. The maximum Gasteiger partial charge on any atom is 0.277 e. The normalized spacial score (nSPS) is 10.6. The first-order chi connectivity index (χ1) is 15.6. The SMILES string of the molecule is COc1cccc(OCC(=O)N/N=C/c2cc(Br)c(OCc3ccccc3)c(OC)c2)c1. The topological polar surface area (TPSA) is 78.4 Å². The summed E-state index contributed by atoms with van der Waals surface area (Å²) in [5.74, 6) is 1.92. The first-order valence-corrected chi connectivity index (χ1v) is 10.5. The van der Waals surface area contributed by atoms with Crippen LogP contribution in [0.5, 0.6) is 23.0 Å². The molecule has 0 aromatic heterocycles. The lowest BCUT2D eigenvalue weighted by Gasteiger charge is -2.13. The number of halogens is 1. The van der Waals surface area contributed by atoms with E-state index in [1.54, 1.807) is 44.6 Å². The Morgan fingerprint density at radius 1 is 0.969 bits per heavy atom. The molecule has 3 rings (SSSR count). The third kappa shape index (κ3) is 6.75. The molecule has 32 heavy (non-hydrogen) atoms. The van der Waals surface area contributed by atoms with E-state index in [1.165, 1.54) is 6.21 Å². The summed E-state index contributed by atoms with van der Waals surface area (Å²) in [5, 5.41) is 3.98. The van der Waals surface area contributed by atoms with Gasteiger partial charge in [-0.25, -0.2) is 5.43 Å². The number of methoxy groups -OCH3 is 2. The highest BCUT2D eigenvalue weighted by atomic mass is 79.9. The molecule has 0 fully saturated rings. The molecule has 0 bridgehead atoms. The van der Waals surface area contributed by atoms with E-state index in [9.17, 15) is 4.79 Å². The average molecular weight is 499 g/mol. The van der Waals surface area contributed by atoms with Gasteiger partial charge < -0.3 is 18.9 Å². The zero-order valence-electron chi connectivity index (χ0n) is 17.7. The molecule has 1 N–H and O–H groups in total. The summed E-state index contributed by atoms with van der Waals surface area (Å²) in [6, 6.07) is 20.5. The van der Waals surface area contributed by atoms with Crippen molar-refractivity contribution in [1.82, 2.24) is 5.43 Å². The number of nitrogens with one attached hydrogen (secondary N) is 1. The molecular weight excluding hydrogens is 476 g/mol. The summed E-state index contributed by atoms with van der Waals surface area (Å²) < 4.78 is 22.6. The molecule has 7 nitrogen and oxygen atoms in total. The van der Waals surface area contributed by atoms with Crippen LogP contribution in [0, 0.1) is 0 Å². The molecule has 0 heterocycles. The quantitative estimate of drug-likeness (QED) is 0.327. The average Bonchev–Trinajstić information content (AvgIpc) is 2.82. The minimum absolute atomic E-state index is 0.177. The highest BCUT2D eigenvalue weighted by Gasteiger charge is 2.12. The second kappa shape index (κ2) is 11.8. The van der Waals surface area contributed by atoms with Crippen LogP contribution in [-0.2, 0) is 11.4 Å². The Morgan fingerprint density at radius 3 is 2.50 bits per heavy atom. The Balaban J connectivity index is 1.56. The monoisotopic (exact) mass is 498 g/mol. The summed E-state index contributed by atoms with van der Waals surface area (Å²) >= 11 is 3.51. The van der Waals surface area contributed by atoms with E-state index < -0.39 is 5.91 Å². The van der Waals surface area contributed by atoms with E-state index in [2.05, 4.69) is 26.5 Å². The third-order valence-corrected chi connectivity index (χ3v) is 4.88. The van der Waals surface area contributed by atoms with Gasteiger partial charge in [0.1, 0.15) is 18.1 Å². The van der Waals surface area contributed by atoms with Crippen LogP contribution in [0.4, 0.5) is 0 Å². The van der Waals surface area contributed by atoms with Crippen molar-refractivity contribution in [3.05, 3.63) is 82.3 Å². The van der Waals surface area contributed by atoms with Crippen LogP contribution >= 0.6 is 15.9 Å². The first-order valence-electron chi connectivity index (χ1n) is 9.72. The fourth-order valence-electron chi connectivity index (χ4n) is 2.74. The molecule has 0 saturated carbocycles. The van der Waals surface area contributed by atoms with Gasteiger partial charge in [-0.1, -0.05) is 36.4 Å². The van der Waals surface area contributed by atoms with Gasteiger partial charge in [0.15, 0.2) is 18.1 Å². The first kappa shape index (κ1) is 23.1. The molecule has 0 spiro atoms. The van der Waals surface area contributed by atoms with Crippen molar-refractivity contribution in [3.8, 4) is 23.0 Å². The fourth-order valence-corrected chi connectivity index (χ4v) is 3.31. The van der Waals surface area contributed by atoms with Gasteiger partial charge in [-0.2, -0.15) is 5.10 Å². The minimum atomic E-state index is -0.391. The van der Waals surface area contributed by atoms with Crippen LogP contribution in [0.25, 0.3) is 0 Å². The Bertz CT molecular complexity index is 1070. The highest BCUT2D eigenvalue weighted by Crippen LogP contribution is 2.36. The number of hydrogen-bond acceptors (Lipinski definition) is 6. The van der Waals surface area contributed by atoms with E-state index in [1.807, 2.05) is 36.4 Å². The number of hydrogen-bond donors (Lipinski definition) is 1. The predicted molar refractivity (Wildman–Crippen MR) is 126 cm³/mol. The zero-order chi connectivity index (χ0) is 22.8. The molecule has 166 valence electrons. The number of carbonyl (C=O) groups excluding carboxylic acids is 1. The highest BCUT2D eigenvalue weighted by molar-refractivity contribution is 9.10. The molecule has 0 atom stereocenters. The molecule has 0 aliphatic rings. The van der Waals surface area contributed by atoms with E-state index >= 15 is 0 Å². The molecule has 3 aromatic rings. The maximum atomic E-state index is 12.0. The van der Waals surface area contributed by atoms with Crippen molar-refractivity contribution < 1.29 is 23.7 Å². The molecule has 3 aromatic carbocycles. The fraction of sp³-hybridized carbons (Fsp3) is 0.167. The molecule has 8 heteroatoms. The van der Waals surface area contributed by atoms with Gasteiger partial charge in [0.2, 0.25) is 0 Å². The zero-order valence-corrected chi connectivity index (χ0v) is 19.3. The number of hydrazone groups is 1. The van der Waals surface area contributed by atoms with Crippen molar-refractivity contribution in [3.63, 3.8) is 0 Å². The van der Waals surface area contributed by atoms with Crippen LogP contribution in [0.15, 0.2) is 76.3 Å². The van der Waals surface area contributed by atoms with Crippen LogP contribution in [0.3, 0.4) is 0 Å². The molecule has 0 aliphatic heterocycles. The van der Waals surface area contributed by atoms with Crippen LogP contribution < -0.4 is 24.4 Å². The molecule has 0 radical (unpaired) electrons. The van der Waals surface area contributed by atoms with E-state index in [0.717, 1.165) is 11.1 Å². The van der Waals surface area contributed by atoms with Crippen LogP contribution in [0.1, 0.15) is 11.1 Å². The van der Waals surface area contributed by atoms with Gasteiger partial charge in [-0.05, 0) is 51.3 Å². The molecule has 0 aliphatic carbocycles. The smallest absolute Gasteiger partial charge is 0.277 e. The van der Waals surface area contributed by atoms with Gasteiger partial charge in [0.05, 0.1) is 24.9 Å². The number of benzene rings is 3. The lowest BCUT2D eigenvalue weighted by atomic mass is 10.2. The lowest BCUT2D eigenvalue weighted by Crippen LogP contribution is -2.24. The molecule has 0 saturated heterocycles. The summed E-state index contributed by atoms with van der Waals surface area (Å²) in [6.45, 7) is 0.233. The van der Waals surface area contributed by atoms with E-state index in [4.69, 9.17) is 18.9 Å². The van der Waals surface area contributed by atoms with Gasteiger partial charge in [0.25, 0.3) is 5.91 Å². The Hall–Kier alpha value is -3.52. The number of ether oxygens (including phenoxy) is 4. The van der Waals surface area contributed by atoms with Gasteiger partial charge in [-0.15, -0.1) is 0 Å². The lowest BCUT2D eigenvalue weighted by molar-refractivity contribution is -0.123. The molecule has 1 amide bonds. The number of rotatable bonds is 10. The third-order valence-electron chi connectivity index (χ3n) is 4.29. The second-order valence-corrected chi connectivity index (χ2v) is 7.42. The maximum absolute atomic E-state index is 12.0. The van der Waals surface area contributed by atoms with Crippen molar-refractivity contribution in [2.75, 3.05) is 20.8 Å². The van der Waals surface area contributed by atoms with Crippen molar-refractivity contribution in [1.29, 1.82) is 0 Å². The second-order valence-electron chi connectivity index (χ2n) is 6.57.